The number of aliphatic carboxylic acids is 2. The number of hydrogen-bond donors (Lipinski definition) is 2. The normalized spacial score (nSPS) is 11.7. The maximum atomic E-state index is 10.8. The van der Waals surface area contributed by atoms with E-state index in [0.717, 1.165) is 0 Å². The number of benzene rings is 1. The van der Waals surface area contributed by atoms with Gasteiger partial charge >= 0.3 is 11.9 Å². The molecule has 0 bridgehead atoms. The van der Waals surface area contributed by atoms with E-state index in [-0.39, 0.29) is 10.1 Å². The highest BCUT2D eigenvalue weighted by atomic mass is 32.2. The van der Waals surface area contributed by atoms with Gasteiger partial charge in [-0.1, -0.05) is 12.1 Å². The van der Waals surface area contributed by atoms with Crippen molar-refractivity contribution in [1.82, 2.24) is 4.98 Å². The van der Waals surface area contributed by atoms with E-state index in [2.05, 4.69) is 4.98 Å². The van der Waals surface area contributed by atoms with E-state index < -0.39 is 11.9 Å². The number of rotatable bonds is 4. The number of carboxylic acids is 2. The van der Waals surface area contributed by atoms with Crippen LogP contribution in [0.1, 0.15) is 0 Å². The van der Waals surface area contributed by atoms with Gasteiger partial charge in [-0.2, -0.15) is 0 Å². The van der Waals surface area contributed by atoms with Crippen LogP contribution in [0.4, 0.5) is 0 Å². The fourth-order valence-electron chi connectivity index (χ4n) is 1.24. The van der Waals surface area contributed by atoms with Crippen molar-refractivity contribution in [3.05, 3.63) is 35.2 Å². The van der Waals surface area contributed by atoms with E-state index in [1.54, 1.807) is 24.3 Å². The Bertz CT molecular complexity index is 613. The number of carboxylic acid groups (broad SMARTS) is 2. The fraction of sp³-hybridized carbons (Fsp3) is 0. The third-order valence-electron chi connectivity index (χ3n) is 1.94. The number of hydrogen-bond acceptors (Lipinski definition) is 5. The average molecular weight is 265 g/mol. The van der Waals surface area contributed by atoms with E-state index in [9.17, 15) is 9.59 Å². The minimum absolute atomic E-state index is 0.0890. The van der Waals surface area contributed by atoms with Gasteiger partial charge in [0, 0.05) is 6.08 Å². The van der Waals surface area contributed by atoms with Crippen molar-refractivity contribution >= 4 is 34.8 Å². The lowest BCUT2D eigenvalue weighted by molar-refractivity contribution is -0.134. The highest BCUT2D eigenvalue weighted by Crippen LogP contribution is 2.29. The molecule has 1 aromatic heterocycles. The molecule has 0 aliphatic carbocycles. The minimum atomic E-state index is -1.34. The predicted octanol–water partition coefficient (Wildman–Crippen LogP) is 1.97. The van der Waals surface area contributed by atoms with Gasteiger partial charge in [-0.05, 0) is 23.9 Å². The van der Waals surface area contributed by atoms with E-state index in [0.29, 0.717) is 28.9 Å². The van der Waals surface area contributed by atoms with Gasteiger partial charge < -0.3 is 14.6 Å². The van der Waals surface area contributed by atoms with Gasteiger partial charge in [0.15, 0.2) is 5.58 Å². The van der Waals surface area contributed by atoms with Crippen molar-refractivity contribution < 1.29 is 24.2 Å². The molecule has 2 N–H and O–H groups in total. The first-order valence-electron chi connectivity index (χ1n) is 4.77. The van der Waals surface area contributed by atoms with E-state index in [1.807, 2.05) is 0 Å². The van der Waals surface area contributed by atoms with Crippen molar-refractivity contribution in [3.8, 4) is 0 Å². The summed E-state index contributed by atoms with van der Waals surface area (Å²) in [5, 5.41) is 17.5. The molecule has 2 rings (SSSR count). The Kier molecular flexibility index (Phi) is 3.33. The van der Waals surface area contributed by atoms with Crippen LogP contribution in [0.5, 0.6) is 0 Å². The van der Waals surface area contributed by atoms with Crippen LogP contribution in [-0.2, 0) is 9.59 Å². The van der Waals surface area contributed by atoms with Crippen LogP contribution in [0.15, 0.2) is 44.9 Å². The smallest absolute Gasteiger partial charge is 0.342 e. The van der Waals surface area contributed by atoms with Crippen molar-refractivity contribution in [2.24, 2.45) is 0 Å². The maximum Gasteiger partial charge on any atom is 0.342 e. The molecule has 0 saturated heterocycles. The number of aromatic nitrogens is 1. The second-order valence-corrected chi connectivity index (χ2v) is 4.19. The zero-order valence-corrected chi connectivity index (χ0v) is 9.68. The largest absolute Gasteiger partial charge is 0.478 e. The van der Waals surface area contributed by atoms with Crippen LogP contribution in [0.25, 0.3) is 11.1 Å². The Morgan fingerprint density at radius 3 is 2.61 bits per heavy atom. The topological polar surface area (TPSA) is 101 Å². The summed E-state index contributed by atoms with van der Waals surface area (Å²) >= 11 is 0.654. The SMILES string of the molecule is O=C(O)/C=C(\Sc1nc2ccccc2o1)C(=O)O. The first kappa shape index (κ1) is 12.2. The molecule has 0 fully saturated rings. The first-order chi connectivity index (χ1) is 8.56. The molecule has 0 aliphatic rings. The van der Waals surface area contributed by atoms with Crippen molar-refractivity contribution in [2.75, 3.05) is 0 Å². The number of fused-ring (bicyclic) bond motifs is 1. The highest BCUT2D eigenvalue weighted by molar-refractivity contribution is 8.03. The Labute approximate surface area is 105 Å². The molecule has 0 saturated carbocycles. The molecule has 6 nitrogen and oxygen atoms in total. The van der Waals surface area contributed by atoms with Crippen molar-refractivity contribution in [2.45, 2.75) is 5.22 Å². The lowest BCUT2D eigenvalue weighted by atomic mass is 10.3. The standard InChI is InChI=1S/C11H7NO5S/c13-9(14)5-8(10(15)16)18-11-12-6-3-1-2-4-7(6)17-11/h1-5H,(H,13,14)(H,15,16)/b8-5-. The van der Waals surface area contributed by atoms with Crippen LogP contribution in [0.2, 0.25) is 0 Å². The lowest BCUT2D eigenvalue weighted by Gasteiger charge is -1.95. The summed E-state index contributed by atoms with van der Waals surface area (Å²) in [6.45, 7) is 0. The Hall–Kier alpha value is -2.28. The molecule has 1 heterocycles. The molecule has 0 aliphatic heterocycles. The number of nitrogens with zero attached hydrogens (tertiary/aromatic N) is 1. The predicted molar refractivity (Wildman–Crippen MR) is 63.2 cm³/mol. The second kappa shape index (κ2) is 4.92. The van der Waals surface area contributed by atoms with Crippen molar-refractivity contribution in [3.63, 3.8) is 0 Å². The molecule has 0 spiro atoms. The number of thioether (sulfide) groups is 1. The van der Waals surface area contributed by atoms with E-state index in [4.69, 9.17) is 14.6 Å². The number of oxazole rings is 1. The van der Waals surface area contributed by atoms with Crippen LogP contribution in [0.3, 0.4) is 0 Å². The summed E-state index contributed by atoms with van der Waals surface area (Å²) in [7, 11) is 0. The first-order valence-corrected chi connectivity index (χ1v) is 5.59. The van der Waals surface area contributed by atoms with Crippen LogP contribution < -0.4 is 0 Å². The zero-order valence-electron chi connectivity index (χ0n) is 8.86. The fourth-order valence-corrected chi connectivity index (χ4v) is 1.95. The van der Waals surface area contributed by atoms with E-state index >= 15 is 0 Å². The molecule has 0 amide bonds. The molecule has 0 radical (unpaired) electrons. The molecule has 18 heavy (non-hydrogen) atoms. The summed E-state index contributed by atoms with van der Waals surface area (Å²) in [5.74, 6) is -2.68. The molecule has 0 unspecified atom stereocenters. The number of para-hydroxylation sites is 2. The van der Waals surface area contributed by atoms with Gasteiger partial charge in [-0.15, -0.1) is 0 Å². The third-order valence-corrected chi connectivity index (χ3v) is 2.80. The van der Waals surface area contributed by atoms with Gasteiger partial charge in [0.05, 0.1) is 0 Å². The molecular formula is C11H7NO5S. The summed E-state index contributed by atoms with van der Waals surface area (Å²) in [6, 6.07) is 6.93. The van der Waals surface area contributed by atoms with Crippen LogP contribution >= 0.6 is 11.8 Å². The number of carbonyl (C=O) groups is 2. The highest BCUT2D eigenvalue weighted by Gasteiger charge is 2.15. The Morgan fingerprint density at radius 2 is 2.00 bits per heavy atom. The summed E-state index contributed by atoms with van der Waals surface area (Å²) in [6.07, 6.45) is 0.599. The van der Waals surface area contributed by atoms with Crippen LogP contribution in [-0.4, -0.2) is 27.1 Å². The Balaban J connectivity index is 2.31. The molecule has 2 aromatic rings. The van der Waals surface area contributed by atoms with Crippen LogP contribution in [0, 0.1) is 0 Å². The summed E-state index contributed by atoms with van der Waals surface area (Å²) in [5.41, 5.74) is 1.10. The van der Waals surface area contributed by atoms with Crippen molar-refractivity contribution in [1.29, 1.82) is 0 Å². The molecule has 1 aromatic carbocycles. The summed E-state index contributed by atoms with van der Waals surface area (Å²) < 4.78 is 5.29. The monoisotopic (exact) mass is 265 g/mol. The quantitative estimate of drug-likeness (QED) is 0.643. The third kappa shape index (κ3) is 2.69. The van der Waals surface area contributed by atoms with Gasteiger partial charge in [0.1, 0.15) is 10.4 Å². The molecular weight excluding hydrogens is 258 g/mol. The average Bonchev–Trinajstić information content (AvgIpc) is 2.69. The second-order valence-electron chi connectivity index (χ2n) is 3.20. The summed E-state index contributed by atoms with van der Waals surface area (Å²) in [4.78, 5) is 25.0. The minimum Gasteiger partial charge on any atom is -0.478 e. The molecule has 7 heteroatoms. The van der Waals surface area contributed by atoms with Gasteiger partial charge in [0.2, 0.25) is 0 Å². The molecule has 0 atom stereocenters. The Morgan fingerprint density at radius 1 is 1.28 bits per heavy atom. The van der Waals surface area contributed by atoms with E-state index in [1.165, 1.54) is 0 Å². The maximum absolute atomic E-state index is 10.8. The van der Waals surface area contributed by atoms with Gasteiger partial charge in [-0.25, -0.2) is 14.6 Å². The zero-order chi connectivity index (χ0) is 13.1. The lowest BCUT2D eigenvalue weighted by Crippen LogP contribution is -2.00. The van der Waals surface area contributed by atoms with Gasteiger partial charge in [0.25, 0.3) is 5.22 Å². The van der Waals surface area contributed by atoms with Gasteiger partial charge in [-0.3, -0.25) is 0 Å². The molecule has 92 valence electrons.